The summed E-state index contributed by atoms with van der Waals surface area (Å²) >= 11 is 0. The van der Waals surface area contributed by atoms with E-state index in [0.29, 0.717) is 4.63 Å². The van der Waals surface area contributed by atoms with Gasteiger partial charge in [0.1, 0.15) is 0 Å². The number of nitrogen functional groups attached to an aromatic ring is 1. The molecule has 0 aliphatic heterocycles. The van der Waals surface area contributed by atoms with Crippen LogP contribution in [0.25, 0.3) is 5.78 Å². The standard InChI is InChI=1S/C3H2N8O3/c4-1-6-9-2(8-10(1)12)5-3(7-9)11(13)14/h(H2,4,6). The van der Waals surface area contributed by atoms with Gasteiger partial charge in [0.2, 0.25) is 0 Å². The van der Waals surface area contributed by atoms with E-state index in [0.717, 1.165) is 0 Å². The SMILES string of the molecule is Nc1nn2nc([N+](=O)[O-])nc2n[n+]1[O-]. The molecule has 2 rings (SSSR count). The lowest BCUT2D eigenvalue weighted by Gasteiger charge is -1.96. The second-order valence-corrected chi connectivity index (χ2v) is 2.19. The lowest BCUT2D eigenvalue weighted by atomic mass is 11.0. The van der Waals surface area contributed by atoms with Gasteiger partial charge in [-0.15, -0.1) is 4.85 Å². The van der Waals surface area contributed by atoms with Gasteiger partial charge in [-0.05, 0) is 15.0 Å². The third kappa shape index (κ3) is 1.03. The predicted molar refractivity (Wildman–Crippen MR) is 38.6 cm³/mol. The molecule has 72 valence electrons. The highest BCUT2D eigenvalue weighted by atomic mass is 16.6. The monoisotopic (exact) mass is 198 g/mol. The van der Waals surface area contributed by atoms with Crippen molar-refractivity contribution in [2.75, 3.05) is 5.73 Å². The van der Waals surface area contributed by atoms with E-state index in [4.69, 9.17) is 5.73 Å². The zero-order chi connectivity index (χ0) is 10.3. The minimum absolute atomic E-state index is 0.00621. The van der Waals surface area contributed by atoms with E-state index in [1.807, 2.05) is 0 Å². The molecule has 0 fully saturated rings. The van der Waals surface area contributed by atoms with Crippen molar-refractivity contribution in [3.05, 3.63) is 15.3 Å². The van der Waals surface area contributed by atoms with Crippen LogP contribution in [0.1, 0.15) is 0 Å². The number of aromatic nitrogens is 6. The molecule has 0 amide bonds. The van der Waals surface area contributed by atoms with Crippen LogP contribution >= 0.6 is 0 Å². The Morgan fingerprint density at radius 1 is 1.50 bits per heavy atom. The van der Waals surface area contributed by atoms with Gasteiger partial charge in [-0.25, -0.2) is 0 Å². The number of anilines is 1. The number of nitrogens with two attached hydrogens (primary N) is 1. The predicted octanol–water partition coefficient (Wildman–Crippen LogP) is -2.36. The van der Waals surface area contributed by atoms with Crippen LogP contribution in [0.5, 0.6) is 0 Å². The van der Waals surface area contributed by atoms with Crippen LogP contribution in [-0.2, 0) is 0 Å². The van der Waals surface area contributed by atoms with E-state index >= 15 is 0 Å². The van der Waals surface area contributed by atoms with Crippen molar-refractivity contribution < 1.29 is 9.77 Å². The smallest absolute Gasteiger partial charge is 0.496 e. The van der Waals surface area contributed by atoms with Gasteiger partial charge in [-0.3, -0.25) is 5.73 Å². The van der Waals surface area contributed by atoms with Gasteiger partial charge >= 0.3 is 17.7 Å². The molecule has 2 N–H and O–H groups in total. The van der Waals surface area contributed by atoms with E-state index < -0.39 is 16.8 Å². The van der Waals surface area contributed by atoms with Gasteiger partial charge < -0.3 is 15.3 Å². The molecule has 0 aromatic carbocycles. The first-order valence-corrected chi connectivity index (χ1v) is 3.23. The normalized spacial score (nSPS) is 10.6. The number of rotatable bonds is 1. The second kappa shape index (κ2) is 2.45. The lowest BCUT2D eigenvalue weighted by Crippen LogP contribution is -2.37. The zero-order valence-corrected chi connectivity index (χ0v) is 6.43. The summed E-state index contributed by atoms with van der Waals surface area (Å²) in [5.74, 6) is -1.46. The Morgan fingerprint density at radius 3 is 2.86 bits per heavy atom. The fourth-order valence-corrected chi connectivity index (χ4v) is 0.761. The Labute approximate surface area is 74.5 Å². The molecule has 0 spiro atoms. The van der Waals surface area contributed by atoms with Crippen molar-refractivity contribution in [1.29, 1.82) is 0 Å². The maximum Gasteiger partial charge on any atom is 0.496 e. The summed E-state index contributed by atoms with van der Waals surface area (Å²) in [6.07, 6.45) is 0. The van der Waals surface area contributed by atoms with Gasteiger partial charge in [0, 0.05) is 4.63 Å². The first kappa shape index (κ1) is 8.03. The Bertz CT molecular complexity index is 479. The zero-order valence-electron chi connectivity index (χ0n) is 6.43. The molecule has 14 heavy (non-hydrogen) atoms. The topological polar surface area (TPSA) is 152 Å². The average Bonchev–Trinajstić information content (AvgIpc) is 2.48. The first-order valence-electron chi connectivity index (χ1n) is 3.23. The number of fused-ring (bicyclic) bond motifs is 1. The number of hydrogen-bond donors (Lipinski definition) is 1. The van der Waals surface area contributed by atoms with Crippen molar-refractivity contribution in [1.82, 2.24) is 24.9 Å². The van der Waals surface area contributed by atoms with Crippen molar-refractivity contribution in [3.8, 4) is 0 Å². The van der Waals surface area contributed by atoms with Crippen LogP contribution in [-0.4, -0.2) is 29.8 Å². The highest BCUT2D eigenvalue weighted by Gasteiger charge is 2.22. The summed E-state index contributed by atoms with van der Waals surface area (Å²) in [6, 6.07) is 0. The maximum absolute atomic E-state index is 10.8. The van der Waals surface area contributed by atoms with Crippen LogP contribution in [0.3, 0.4) is 0 Å². The highest BCUT2D eigenvalue weighted by Crippen LogP contribution is 2.02. The Kier molecular flexibility index (Phi) is 1.40. The molecule has 11 heteroatoms. The molecule has 0 atom stereocenters. The lowest BCUT2D eigenvalue weighted by molar-refractivity contribution is -0.655. The Morgan fingerprint density at radius 2 is 2.21 bits per heavy atom. The van der Waals surface area contributed by atoms with E-state index in [9.17, 15) is 15.3 Å². The molecular weight excluding hydrogens is 196 g/mol. The third-order valence-electron chi connectivity index (χ3n) is 1.30. The van der Waals surface area contributed by atoms with E-state index in [2.05, 4.69) is 20.3 Å². The maximum atomic E-state index is 10.8. The average molecular weight is 198 g/mol. The molecule has 0 aliphatic rings. The fraction of sp³-hybridized carbons (Fsp3) is 0. The van der Waals surface area contributed by atoms with Crippen LogP contribution < -0.4 is 10.6 Å². The molecule has 0 saturated heterocycles. The molecule has 0 radical (unpaired) electrons. The van der Waals surface area contributed by atoms with Gasteiger partial charge in [-0.2, -0.15) is 0 Å². The fourth-order valence-electron chi connectivity index (χ4n) is 0.761. The summed E-state index contributed by atoms with van der Waals surface area (Å²) in [5, 5.41) is 30.9. The van der Waals surface area contributed by atoms with Crippen molar-refractivity contribution in [2.24, 2.45) is 0 Å². The van der Waals surface area contributed by atoms with E-state index in [-0.39, 0.29) is 10.6 Å². The van der Waals surface area contributed by atoms with Crippen LogP contribution in [0.15, 0.2) is 0 Å². The summed E-state index contributed by atoms with van der Waals surface area (Å²) in [6.45, 7) is 0. The molecule has 2 aromatic heterocycles. The van der Waals surface area contributed by atoms with Crippen LogP contribution in [0.4, 0.5) is 11.9 Å². The molecule has 0 unspecified atom stereocenters. The summed E-state index contributed by atoms with van der Waals surface area (Å²) in [7, 11) is 0. The van der Waals surface area contributed by atoms with Crippen molar-refractivity contribution >= 4 is 17.7 Å². The van der Waals surface area contributed by atoms with Crippen LogP contribution in [0, 0.1) is 15.3 Å². The van der Waals surface area contributed by atoms with Crippen LogP contribution in [0.2, 0.25) is 0 Å². The minimum Gasteiger partial charge on any atom is -0.721 e. The number of hydrogen-bond acceptors (Lipinski definition) is 8. The quantitative estimate of drug-likeness (QED) is 0.231. The van der Waals surface area contributed by atoms with E-state index in [1.54, 1.807) is 0 Å². The highest BCUT2D eigenvalue weighted by molar-refractivity contribution is 5.26. The summed E-state index contributed by atoms with van der Waals surface area (Å²) in [5.41, 5.74) is 5.09. The third-order valence-corrected chi connectivity index (χ3v) is 1.30. The van der Waals surface area contributed by atoms with Gasteiger partial charge in [0.05, 0.1) is 10.2 Å². The van der Waals surface area contributed by atoms with Crippen molar-refractivity contribution in [2.45, 2.75) is 0 Å². The largest absolute Gasteiger partial charge is 0.721 e. The van der Waals surface area contributed by atoms with Gasteiger partial charge in [-0.1, -0.05) is 0 Å². The molecule has 2 heterocycles. The number of nitro groups is 1. The molecule has 2 aromatic rings. The molecule has 11 nitrogen and oxygen atoms in total. The minimum atomic E-state index is -0.832. The molecule has 0 saturated carbocycles. The Balaban J connectivity index is 2.72. The molecule has 0 aliphatic carbocycles. The first-order chi connectivity index (χ1) is 6.58. The number of nitrogens with zero attached hydrogens (tertiary/aromatic N) is 7. The van der Waals surface area contributed by atoms with Gasteiger partial charge in [0.15, 0.2) is 0 Å². The Hall–Kier alpha value is -2.59. The summed E-state index contributed by atoms with van der Waals surface area (Å²) < 4.78 is 0.710. The summed E-state index contributed by atoms with van der Waals surface area (Å²) in [4.78, 5) is 12.7. The van der Waals surface area contributed by atoms with E-state index in [1.165, 1.54) is 0 Å². The molecule has 0 bridgehead atoms. The van der Waals surface area contributed by atoms with Crippen molar-refractivity contribution in [3.63, 3.8) is 0 Å². The molecular formula is C3H2N8O3. The second-order valence-electron chi connectivity index (χ2n) is 2.19. The van der Waals surface area contributed by atoms with Gasteiger partial charge in [0.25, 0.3) is 0 Å².